The van der Waals surface area contributed by atoms with Gasteiger partial charge >= 0.3 is 0 Å². The zero-order valence-electron chi connectivity index (χ0n) is 7.58. The Kier molecular flexibility index (Phi) is 2.86. The van der Waals surface area contributed by atoms with E-state index in [1.54, 1.807) is 6.20 Å². The third-order valence-electron chi connectivity index (χ3n) is 1.73. The van der Waals surface area contributed by atoms with Gasteiger partial charge in [0.2, 0.25) is 5.89 Å². The van der Waals surface area contributed by atoms with Gasteiger partial charge < -0.3 is 9.73 Å². The second kappa shape index (κ2) is 4.13. The predicted molar refractivity (Wildman–Crippen MR) is 57.6 cm³/mol. The highest BCUT2D eigenvalue weighted by Crippen LogP contribution is 2.28. The first kappa shape index (κ1) is 9.71. The molecule has 0 fully saturated rings. The predicted octanol–water partition coefficient (Wildman–Crippen LogP) is 2.78. The van der Waals surface area contributed by atoms with Gasteiger partial charge in [-0.05, 0) is 13.1 Å². The van der Waals surface area contributed by atoms with Crippen molar-refractivity contribution in [3.05, 3.63) is 27.9 Å². The van der Waals surface area contributed by atoms with Gasteiger partial charge in [-0.2, -0.15) is 0 Å². The summed E-state index contributed by atoms with van der Waals surface area (Å²) < 4.78 is 6.25. The quantitative estimate of drug-likeness (QED) is 0.878. The smallest absolute Gasteiger partial charge is 0.208 e. The van der Waals surface area contributed by atoms with E-state index < -0.39 is 0 Å². The van der Waals surface area contributed by atoms with Crippen LogP contribution in [0.3, 0.4) is 0 Å². The lowest BCUT2D eigenvalue weighted by molar-refractivity contribution is 0.491. The zero-order chi connectivity index (χ0) is 9.97. The molecule has 2 heterocycles. The topological polar surface area (TPSA) is 38.1 Å². The number of oxazole rings is 1. The first-order chi connectivity index (χ1) is 6.79. The molecule has 0 atom stereocenters. The van der Waals surface area contributed by atoms with Crippen molar-refractivity contribution in [1.82, 2.24) is 10.3 Å². The van der Waals surface area contributed by atoms with Crippen LogP contribution in [0, 0.1) is 0 Å². The number of nitrogens with one attached hydrogen (secondary N) is 1. The van der Waals surface area contributed by atoms with Crippen LogP contribution in [0.5, 0.6) is 0 Å². The molecule has 2 aromatic heterocycles. The third-order valence-corrected chi connectivity index (χ3v) is 2.82. The second-order valence-corrected chi connectivity index (χ2v) is 4.33. The van der Waals surface area contributed by atoms with Crippen molar-refractivity contribution in [3.63, 3.8) is 0 Å². The van der Waals surface area contributed by atoms with Crippen LogP contribution in [-0.2, 0) is 6.54 Å². The van der Waals surface area contributed by atoms with E-state index in [0.29, 0.717) is 12.4 Å². The summed E-state index contributed by atoms with van der Waals surface area (Å²) >= 11 is 7.31. The molecule has 0 unspecified atom stereocenters. The highest BCUT2D eigenvalue weighted by atomic mass is 35.5. The van der Waals surface area contributed by atoms with Crippen LogP contribution in [0.25, 0.3) is 11.3 Å². The monoisotopic (exact) mass is 228 g/mol. The van der Waals surface area contributed by atoms with Crippen molar-refractivity contribution in [2.24, 2.45) is 0 Å². The summed E-state index contributed by atoms with van der Waals surface area (Å²) in [6.45, 7) is 0.637. The maximum absolute atomic E-state index is 5.82. The molecule has 0 aliphatic rings. The molecule has 14 heavy (non-hydrogen) atoms. The van der Waals surface area contributed by atoms with E-state index in [4.69, 9.17) is 16.0 Å². The summed E-state index contributed by atoms with van der Waals surface area (Å²) in [6, 6.07) is 1.87. The molecule has 0 bridgehead atoms. The lowest BCUT2D eigenvalue weighted by Gasteiger charge is -1.91. The van der Waals surface area contributed by atoms with Gasteiger partial charge in [-0.25, -0.2) is 4.98 Å². The number of thiophene rings is 1. The van der Waals surface area contributed by atoms with Gasteiger partial charge in [0.25, 0.3) is 0 Å². The van der Waals surface area contributed by atoms with Crippen LogP contribution in [0.1, 0.15) is 5.89 Å². The Hall–Kier alpha value is -0.840. The molecule has 0 aromatic carbocycles. The Labute approximate surface area is 90.7 Å². The molecule has 0 aliphatic heterocycles. The minimum atomic E-state index is 0.637. The number of nitrogens with zero attached hydrogens (tertiary/aromatic N) is 1. The zero-order valence-corrected chi connectivity index (χ0v) is 9.15. The summed E-state index contributed by atoms with van der Waals surface area (Å²) in [5, 5.41) is 4.92. The maximum Gasteiger partial charge on any atom is 0.208 e. The molecule has 0 radical (unpaired) electrons. The molecule has 3 nitrogen and oxygen atoms in total. The molecular formula is C9H9ClN2OS. The fraction of sp³-hybridized carbons (Fsp3) is 0.222. The first-order valence-corrected chi connectivity index (χ1v) is 5.39. The van der Waals surface area contributed by atoms with Gasteiger partial charge in [0.1, 0.15) is 0 Å². The van der Waals surface area contributed by atoms with Crippen LogP contribution < -0.4 is 5.32 Å². The van der Waals surface area contributed by atoms with Gasteiger partial charge in [-0.3, -0.25) is 0 Å². The molecule has 2 aromatic rings. The molecule has 0 saturated heterocycles. The van der Waals surface area contributed by atoms with Crippen LogP contribution >= 0.6 is 22.9 Å². The van der Waals surface area contributed by atoms with E-state index in [1.165, 1.54) is 11.3 Å². The molecule has 0 amide bonds. The first-order valence-electron chi connectivity index (χ1n) is 4.13. The minimum Gasteiger partial charge on any atom is -0.439 e. The normalized spacial score (nSPS) is 10.7. The Morgan fingerprint density at radius 1 is 1.64 bits per heavy atom. The van der Waals surface area contributed by atoms with Crippen molar-refractivity contribution in [2.45, 2.75) is 6.54 Å². The van der Waals surface area contributed by atoms with Crippen molar-refractivity contribution in [2.75, 3.05) is 7.05 Å². The SMILES string of the molecule is CNCc1ncc(-c2csc(Cl)c2)o1. The highest BCUT2D eigenvalue weighted by molar-refractivity contribution is 7.14. The fourth-order valence-electron chi connectivity index (χ4n) is 1.12. The number of rotatable bonds is 3. The third kappa shape index (κ3) is 1.97. The molecule has 0 aliphatic carbocycles. The van der Waals surface area contributed by atoms with Gasteiger partial charge in [-0.15, -0.1) is 11.3 Å². The number of aromatic nitrogens is 1. The molecule has 74 valence electrons. The summed E-state index contributed by atoms with van der Waals surface area (Å²) in [5.41, 5.74) is 0.981. The minimum absolute atomic E-state index is 0.637. The van der Waals surface area contributed by atoms with Crippen molar-refractivity contribution in [1.29, 1.82) is 0 Å². The molecule has 2 rings (SSSR count). The molecule has 0 saturated carbocycles. The largest absolute Gasteiger partial charge is 0.439 e. The van der Waals surface area contributed by atoms with Crippen molar-refractivity contribution >= 4 is 22.9 Å². The molecular weight excluding hydrogens is 220 g/mol. The average Bonchev–Trinajstić information content (AvgIpc) is 2.74. The Bertz CT molecular complexity index is 424. The van der Waals surface area contributed by atoms with E-state index in [9.17, 15) is 0 Å². The standard InChI is InChI=1S/C9H9ClN2OS/c1-11-4-9-12-3-7(13-9)6-2-8(10)14-5-6/h2-3,5,11H,4H2,1H3. The Balaban J connectivity index is 2.24. The van der Waals surface area contributed by atoms with E-state index >= 15 is 0 Å². The molecule has 5 heteroatoms. The number of hydrogen-bond donors (Lipinski definition) is 1. The number of hydrogen-bond acceptors (Lipinski definition) is 4. The maximum atomic E-state index is 5.82. The summed E-state index contributed by atoms with van der Waals surface area (Å²) in [7, 11) is 1.85. The van der Waals surface area contributed by atoms with Crippen molar-refractivity contribution in [3.8, 4) is 11.3 Å². The van der Waals surface area contributed by atoms with Gasteiger partial charge in [0, 0.05) is 10.9 Å². The number of halogens is 1. The summed E-state index contributed by atoms with van der Waals surface area (Å²) in [5.74, 6) is 1.45. The van der Waals surface area contributed by atoms with E-state index in [2.05, 4.69) is 10.3 Å². The molecule has 0 spiro atoms. The van der Waals surface area contributed by atoms with Crippen LogP contribution in [0.2, 0.25) is 4.34 Å². The van der Waals surface area contributed by atoms with Gasteiger partial charge in [0.15, 0.2) is 5.76 Å². The van der Waals surface area contributed by atoms with Crippen LogP contribution in [0.15, 0.2) is 22.1 Å². The van der Waals surface area contributed by atoms with Crippen LogP contribution in [0.4, 0.5) is 0 Å². The van der Waals surface area contributed by atoms with Crippen molar-refractivity contribution < 1.29 is 4.42 Å². The fourth-order valence-corrected chi connectivity index (χ4v) is 1.99. The Morgan fingerprint density at radius 2 is 2.50 bits per heavy atom. The molecule has 1 N–H and O–H groups in total. The Morgan fingerprint density at radius 3 is 3.14 bits per heavy atom. The van der Waals surface area contributed by atoms with E-state index in [0.717, 1.165) is 15.7 Å². The van der Waals surface area contributed by atoms with E-state index in [-0.39, 0.29) is 0 Å². The lowest BCUT2D eigenvalue weighted by Crippen LogP contribution is -2.04. The van der Waals surface area contributed by atoms with Gasteiger partial charge in [0.05, 0.1) is 17.1 Å². The second-order valence-electron chi connectivity index (χ2n) is 2.79. The average molecular weight is 229 g/mol. The lowest BCUT2D eigenvalue weighted by atomic mass is 10.3. The summed E-state index contributed by atoms with van der Waals surface area (Å²) in [6.07, 6.45) is 1.71. The highest BCUT2D eigenvalue weighted by Gasteiger charge is 2.07. The van der Waals surface area contributed by atoms with Crippen LogP contribution in [-0.4, -0.2) is 12.0 Å². The van der Waals surface area contributed by atoms with Gasteiger partial charge in [-0.1, -0.05) is 11.6 Å². The van der Waals surface area contributed by atoms with E-state index in [1.807, 2.05) is 18.5 Å². The summed E-state index contributed by atoms with van der Waals surface area (Å²) in [4.78, 5) is 4.12.